The van der Waals surface area contributed by atoms with Crippen LogP contribution in [0.25, 0.3) is 0 Å². The maximum absolute atomic E-state index is 13.0. The van der Waals surface area contributed by atoms with Crippen LogP contribution in [0, 0.1) is 10.8 Å². The van der Waals surface area contributed by atoms with Crippen molar-refractivity contribution in [2.45, 2.75) is 51.8 Å². The maximum Gasteiger partial charge on any atom is 0.351 e. The molecule has 0 radical (unpaired) electrons. The zero-order valence-corrected chi connectivity index (χ0v) is 15.9. The summed E-state index contributed by atoms with van der Waals surface area (Å²) in [5.41, 5.74) is -3.60. The minimum atomic E-state index is -1.31. The van der Waals surface area contributed by atoms with Crippen molar-refractivity contribution in [2.24, 2.45) is 17.9 Å². The van der Waals surface area contributed by atoms with Crippen molar-refractivity contribution in [3.8, 4) is 0 Å². The van der Waals surface area contributed by atoms with E-state index in [4.69, 9.17) is 9.47 Å². The van der Waals surface area contributed by atoms with E-state index in [9.17, 15) is 19.2 Å². The SMILES string of the molecule is Cn1c(=O)n2n(c1=O)[C@@H](COC(=O)[C@]13CC[C@](C)(C(=O)O1)C3(C)C)C=CC2. The molecule has 3 atom stereocenters. The number of ether oxygens (including phenoxy) is 2. The fraction of sp³-hybridized carbons (Fsp3) is 0.667. The lowest BCUT2D eigenvalue weighted by atomic mass is 9.66. The van der Waals surface area contributed by atoms with E-state index in [1.807, 2.05) is 20.8 Å². The molecule has 1 saturated heterocycles. The van der Waals surface area contributed by atoms with E-state index in [0.29, 0.717) is 12.8 Å². The summed E-state index contributed by atoms with van der Waals surface area (Å²) in [5.74, 6) is -0.972. The molecule has 0 amide bonds. The summed E-state index contributed by atoms with van der Waals surface area (Å²) < 4.78 is 14.7. The molecular weight excluding hydrogens is 354 g/mol. The van der Waals surface area contributed by atoms with Gasteiger partial charge in [-0.3, -0.25) is 4.79 Å². The Morgan fingerprint density at radius 1 is 1.22 bits per heavy atom. The van der Waals surface area contributed by atoms with Gasteiger partial charge in [0.1, 0.15) is 12.6 Å². The van der Waals surface area contributed by atoms with Crippen molar-refractivity contribution in [1.82, 2.24) is 13.9 Å². The first-order chi connectivity index (χ1) is 12.6. The first-order valence-electron chi connectivity index (χ1n) is 9.02. The summed E-state index contributed by atoms with van der Waals surface area (Å²) >= 11 is 0. The number of hydrogen-bond acceptors (Lipinski definition) is 6. The Hall–Kier alpha value is -2.58. The van der Waals surface area contributed by atoms with Crippen molar-refractivity contribution >= 4 is 11.9 Å². The highest BCUT2D eigenvalue weighted by atomic mass is 16.6. The van der Waals surface area contributed by atoms with Gasteiger partial charge < -0.3 is 9.47 Å². The van der Waals surface area contributed by atoms with Gasteiger partial charge in [-0.2, -0.15) is 0 Å². The Kier molecular flexibility index (Phi) is 3.45. The minimum absolute atomic E-state index is 0.120. The van der Waals surface area contributed by atoms with E-state index >= 15 is 0 Å². The summed E-state index contributed by atoms with van der Waals surface area (Å²) in [6, 6.07) is -0.589. The molecule has 1 aliphatic carbocycles. The van der Waals surface area contributed by atoms with Gasteiger partial charge in [0, 0.05) is 12.5 Å². The molecule has 2 fully saturated rings. The Morgan fingerprint density at radius 3 is 2.52 bits per heavy atom. The monoisotopic (exact) mass is 377 g/mol. The highest BCUT2D eigenvalue weighted by Gasteiger charge is 2.76. The fourth-order valence-corrected chi connectivity index (χ4v) is 4.60. The average molecular weight is 377 g/mol. The van der Waals surface area contributed by atoms with Crippen LogP contribution in [-0.4, -0.2) is 38.1 Å². The number of hydrogen-bond donors (Lipinski definition) is 0. The number of carbonyl (C=O) groups excluding carboxylic acids is 2. The van der Waals surface area contributed by atoms with Crippen LogP contribution in [0.4, 0.5) is 0 Å². The van der Waals surface area contributed by atoms with Crippen LogP contribution in [0.1, 0.15) is 39.7 Å². The predicted molar refractivity (Wildman–Crippen MR) is 93.0 cm³/mol. The highest BCUT2D eigenvalue weighted by molar-refractivity contribution is 5.93. The maximum atomic E-state index is 13.0. The molecular formula is C18H23N3O6. The summed E-state index contributed by atoms with van der Waals surface area (Å²) in [6.07, 6.45) is 4.46. The molecule has 3 aliphatic rings. The van der Waals surface area contributed by atoms with Crippen LogP contribution in [-0.2, 0) is 32.7 Å². The van der Waals surface area contributed by atoms with Crippen LogP contribution >= 0.6 is 0 Å². The third-order valence-electron chi connectivity index (χ3n) is 7.00. The standard InChI is InChI=1S/C18H23N3O6/c1-16(2)17(3)7-8-18(16,27-12(17)22)13(23)26-10-11-6-5-9-20-14(24)19(4)15(25)21(11)20/h5-6,11H,7-10H2,1-4H3/t11-,17-,18+/m1/s1. The van der Waals surface area contributed by atoms with Crippen LogP contribution in [0.15, 0.2) is 21.7 Å². The number of rotatable bonds is 3. The Morgan fingerprint density at radius 2 is 1.93 bits per heavy atom. The number of esters is 2. The van der Waals surface area contributed by atoms with Crippen LogP contribution in [0.3, 0.4) is 0 Å². The molecule has 2 bridgehead atoms. The lowest BCUT2D eigenvalue weighted by Crippen LogP contribution is -2.49. The molecule has 0 aromatic carbocycles. The molecule has 9 heteroatoms. The van der Waals surface area contributed by atoms with E-state index in [2.05, 4.69) is 0 Å². The van der Waals surface area contributed by atoms with Gasteiger partial charge in [0.2, 0.25) is 5.60 Å². The summed E-state index contributed by atoms with van der Waals surface area (Å²) in [4.78, 5) is 49.7. The molecule has 1 saturated carbocycles. The Balaban J connectivity index is 1.59. The van der Waals surface area contributed by atoms with Crippen molar-refractivity contribution < 1.29 is 19.1 Å². The van der Waals surface area contributed by atoms with Crippen LogP contribution < -0.4 is 11.4 Å². The molecule has 0 unspecified atom stereocenters. The predicted octanol–water partition coefficient (Wildman–Crippen LogP) is 0.124. The number of nitrogens with zero attached hydrogens (tertiary/aromatic N) is 3. The van der Waals surface area contributed by atoms with Gasteiger partial charge in [-0.15, -0.1) is 0 Å². The highest BCUT2D eigenvalue weighted by Crippen LogP contribution is 2.65. The molecule has 9 nitrogen and oxygen atoms in total. The molecule has 2 aliphatic heterocycles. The van der Waals surface area contributed by atoms with Crippen molar-refractivity contribution in [2.75, 3.05) is 6.61 Å². The van der Waals surface area contributed by atoms with Gasteiger partial charge in [-0.1, -0.05) is 26.0 Å². The number of fused-ring (bicyclic) bond motifs is 3. The molecule has 146 valence electrons. The Bertz CT molecular complexity index is 996. The summed E-state index contributed by atoms with van der Waals surface area (Å²) in [6.45, 7) is 5.69. The molecule has 0 N–H and O–H groups in total. The first kappa shape index (κ1) is 17.8. The van der Waals surface area contributed by atoms with Gasteiger partial charge in [-0.05, 0) is 19.8 Å². The number of aromatic nitrogens is 3. The van der Waals surface area contributed by atoms with Gasteiger partial charge in [0.15, 0.2) is 0 Å². The minimum Gasteiger partial charge on any atom is -0.460 e. The number of carbonyl (C=O) groups is 2. The quantitative estimate of drug-likeness (QED) is 0.548. The molecule has 3 heterocycles. The van der Waals surface area contributed by atoms with Crippen LogP contribution in [0.2, 0.25) is 0 Å². The van der Waals surface area contributed by atoms with E-state index in [1.165, 1.54) is 16.4 Å². The fourth-order valence-electron chi connectivity index (χ4n) is 4.60. The average Bonchev–Trinajstić information content (AvgIpc) is 3.05. The van der Waals surface area contributed by atoms with Gasteiger partial charge in [0.25, 0.3) is 0 Å². The van der Waals surface area contributed by atoms with E-state index in [0.717, 1.165) is 4.57 Å². The number of allylic oxidation sites excluding steroid dienone is 1. The summed E-state index contributed by atoms with van der Waals surface area (Å²) in [7, 11) is 1.41. The van der Waals surface area contributed by atoms with E-state index in [1.54, 1.807) is 12.2 Å². The lowest BCUT2D eigenvalue weighted by Gasteiger charge is -2.34. The van der Waals surface area contributed by atoms with E-state index < -0.39 is 39.8 Å². The zero-order valence-electron chi connectivity index (χ0n) is 15.9. The van der Waals surface area contributed by atoms with Gasteiger partial charge in [-0.25, -0.2) is 28.3 Å². The normalized spacial score (nSPS) is 33.0. The van der Waals surface area contributed by atoms with Crippen molar-refractivity contribution in [3.63, 3.8) is 0 Å². The van der Waals surface area contributed by atoms with Crippen LogP contribution in [0.5, 0.6) is 0 Å². The van der Waals surface area contributed by atoms with E-state index in [-0.39, 0.29) is 19.1 Å². The second-order valence-electron chi connectivity index (χ2n) is 8.32. The second kappa shape index (κ2) is 5.24. The topological polar surface area (TPSA) is 102 Å². The van der Waals surface area contributed by atoms with Gasteiger partial charge >= 0.3 is 23.3 Å². The molecule has 0 spiro atoms. The third kappa shape index (κ3) is 1.94. The third-order valence-corrected chi connectivity index (χ3v) is 7.00. The largest absolute Gasteiger partial charge is 0.460 e. The molecule has 1 aromatic heterocycles. The van der Waals surface area contributed by atoms with Crippen molar-refractivity contribution in [3.05, 3.63) is 33.1 Å². The Labute approximate surface area is 155 Å². The smallest absolute Gasteiger partial charge is 0.351 e. The molecule has 1 aromatic rings. The van der Waals surface area contributed by atoms with Crippen molar-refractivity contribution in [1.29, 1.82) is 0 Å². The second-order valence-corrected chi connectivity index (χ2v) is 8.32. The summed E-state index contributed by atoms with van der Waals surface area (Å²) in [5, 5.41) is 0. The molecule has 4 rings (SSSR count). The van der Waals surface area contributed by atoms with Gasteiger partial charge in [0.05, 0.1) is 12.0 Å². The molecule has 27 heavy (non-hydrogen) atoms. The first-order valence-corrected chi connectivity index (χ1v) is 9.02. The lowest BCUT2D eigenvalue weighted by molar-refractivity contribution is -0.183. The zero-order chi connectivity index (χ0) is 19.8.